The smallest absolute Gasteiger partial charge is 0.161 e. The predicted molar refractivity (Wildman–Crippen MR) is 54.6 cm³/mol. The molecule has 0 saturated carbocycles. The quantitative estimate of drug-likeness (QED) is 0.723. The maximum Gasteiger partial charge on any atom is 0.161 e. The van der Waals surface area contributed by atoms with Gasteiger partial charge in [-0.15, -0.1) is 10.2 Å². The highest BCUT2D eigenvalue weighted by molar-refractivity contribution is 5.41. The van der Waals surface area contributed by atoms with Crippen molar-refractivity contribution in [1.82, 2.24) is 19.9 Å². The van der Waals surface area contributed by atoms with E-state index in [4.69, 9.17) is 0 Å². The van der Waals surface area contributed by atoms with Gasteiger partial charge >= 0.3 is 0 Å². The molecule has 1 fully saturated rings. The molecular formula is C10H12N4O. The van der Waals surface area contributed by atoms with E-state index in [1.165, 1.54) is 6.42 Å². The lowest BCUT2D eigenvalue weighted by Gasteiger charge is -2.07. The third kappa shape index (κ3) is 1.35. The molecular weight excluding hydrogens is 192 g/mol. The predicted octanol–water partition coefficient (Wildman–Crippen LogP) is 0.859. The molecule has 0 aromatic carbocycles. The van der Waals surface area contributed by atoms with E-state index in [0.717, 1.165) is 24.4 Å². The van der Waals surface area contributed by atoms with Crippen molar-refractivity contribution < 1.29 is 5.11 Å². The lowest BCUT2D eigenvalue weighted by molar-refractivity contribution is 0.470. The zero-order valence-electron chi connectivity index (χ0n) is 8.22. The highest BCUT2D eigenvalue weighted by Crippen LogP contribution is 2.22. The Kier molecular flexibility index (Phi) is 1.85. The first kappa shape index (κ1) is 8.67. The molecule has 0 amide bonds. The standard InChI is InChI=1S/C10H12N4O/c15-7-3-4-9-12-13-10(14(9)6-7)8-2-1-5-11-8/h3-4,6,8,11,15H,1-2,5H2. The molecule has 1 aliphatic heterocycles. The van der Waals surface area contributed by atoms with Crippen LogP contribution in [0.15, 0.2) is 18.3 Å². The summed E-state index contributed by atoms with van der Waals surface area (Å²) < 4.78 is 1.85. The number of pyridine rings is 1. The fraction of sp³-hybridized carbons (Fsp3) is 0.400. The van der Waals surface area contributed by atoms with Gasteiger partial charge in [0.05, 0.1) is 12.2 Å². The van der Waals surface area contributed by atoms with Crippen molar-refractivity contribution in [2.75, 3.05) is 6.54 Å². The molecule has 78 valence electrons. The Morgan fingerprint density at radius 2 is 2.33 bits per heavy atom. The average molecular weight is 204 g/mol. The van der Waals surface area contributed by atoms with Crippen LogP contribution in [0, 0.1) is 0 Å². The van der Waals surface area contributed by atoms with Gasteiger partial charge in [-0.1, -0.05) is 0 Å². The summed E-state index contributed by atoms with van der Waals surface area (Å²) in [6, 6.07) is 3.65. The minimum atomic E-state index is 0.238. The van der Waals surface area contributed by atoms with Gasteiger partial charge in [0.15, 0.2) is 11.5 Å². The van der Waals surface area contributed by atoms with Crippen LogP contribution in [-0.4, -0.2) is 26.2 Å². The van der Waals surface area contributed by atoms with Crippen LogP contribution < -0.4 is 5.32 Å². The van der Waals surface area contributed by atoms with Gasteiger partial charge in [0.1, 0.15) is 5.75 Å². The van der Waals surface area contributed by atoms with E-state index in [1.54, 1.807) is 18.3 Å². The number of hydrogen-bond donors (Lipinski definition) is 2. The van der Waals surface area contributed by atoms with Crippen molar-refractivity contribution in [3.05, 3.63) is 24.2 Å². The Morgan fingerprint density at radius 1 is 1.40 bits per heavy atom. The van der Waals surface area contributed by atoms with Crippen molar-refractivity contribution in [3.8, 4) is 5.75 Å². The van der Waals surface area contributed by atoms with Crippen molar-refractivity contribution >= 4 is 5.65 Å². The number of aromatic nitrogens is 3. The molecule has 5 heteroatoms. The second-order valence-corrected chi connectivity index (χ2v) is 3.82. The SMILES string of the molecule is Oc1ccc2nnc(C3CCCN3)n2c1. The summed E-state index contributed by atoms with van der Waals surface area (Å²) in [5.74, 6) is 1.12. The largest absolute Gasteiger partial charge is 0.506 e. The summed E-state index contributed by atoms with van der Waals surface area (Å²) >= 11 is 0. The molecule has 0 spiro atoms. The second-order valence-electron chi connectivity index (χ2n) is 3.82. The monoisotopic (exact) mass is 204 g/mol. The normalized spacial score (nSPS) is 21.2. The summed E-state index contributed by atoms with van der Waals surface area (Å²) in [7, 11) is 0. The third-order valence-corrected chi connectivity index (χ3v) is 2.79. The van der Waals surface area contributed by atoms with E-state index in [0.29, 0.717) is 0 Å². The molecule has 1 saturated heterocycles. The highest BCUT2D eigenvalue weighted by Gasteiger charge is 2.21. The van der Waals surface area contributed by atoms with Gasteiger partial charge in [-0.25, -0.2) is 0 Å². The zero-order chi connectivity index (χ0) is 10.3. The molecule has 3 heterocycles. The number of aromatic hydroxyl groups is 1. The zero-order valence-corrected chi connectivity index (χ0v) is 8.22. The van der Waals surface area contributed by atoms with Gasteiger partial charge in [0.2, 0.25) is 0 Å². The van der Waals surface area contributed by atoms with Crippen molar-refractivity contribution in [3.63, 3.8) is 0 Å². The van der Waals surface area contributed by atoms with E-state index in [2.05, 4.69) is 15.5 Å². The molecule has 0 bridgehead atoms. The Morgan fingerprint density at radius 3 is 3.13 bits per heavy atom. The van der Waals surface area contributed by atoms with Crippen molar-refractivity contribution in [2.24, 2.45) is 0 Å². The summed E-state index contributed by atoms with van der Waals surface area (Å²) in [6.45, 7) is 1.03. The highest BCUT2D eigenvalue weighted by atomic mass is 16.3. The third-order valence-electron chi connectivity index (χ3n) is 2.79. The van der Waals surface area contributed by atoms with Crippen LogP contribution in [0.4, 0.5) is 0 Å². The molecule has 3 rings (SSSR count). The molecule has 5 nitrogen and oxygen atoms in total. The number of fused-ring (bicyclic) bond motifs is 1. The van der Waals surface area contributed by atoms with Gasteiger partial charge in [0.25, 0.3) is 0 Å². The van der Waals surface area contributed by atoms with Crippen LogP contribution in [0.1, 0.15) is 24.7 Å². The summed E-state index contributed by atoms with van der Waals surface area (Å²) in [5.41, 5.74) is 0.775. The Balaban J connectivity index is 2.13. The van der Waals surface area contributed by atoms with Crippen LogP contribution >= 0.6 is 0 Å². The van der Waals surface area contributed by atoms with Gasteiger partial charge in [0, 0.05) is 0 Å². The summed E-state index contributed by atoms with van der Waals surface area (Å²) in [4.78, 5) is 0. The number of hydrogen-bond acceptors (Lipinski definition) is 4. The molecule has 2 aromatic heterocycles. The van der Waals surface area contributed by atoms with Crippen molar-refractivity contribution in [2.45, 2.75) is 18.9 Å². The summed E-state index contributed by atoms with van der Waals surface area (Å²) in [5, 5.41) is 21.0. The molecule has 0 radical (unpaired) electrons. The second kappa shape index (κ2) is 3.20. The van der Waals surface area contributed by atoms with Gasteiger partial charge < -0.3 is 10.4 Å². The van der Waals surface area contributed by atoms with Gasteiger partial charge in [-0.3, -0.25) is 4.40 Å². The van der Waals surface area contributed by atoms with E-state index < -0.39 is 0 Å². The minimum absolute atomic E-state index is 0.238. The van der Waals surface area contributed by atoms with Crippen molar-refractivity contribution in [1.29, 1.82) is 0 Å². The van der Waals surface area contributed by atoms with E-state index in [1.807, 2.05) is 4.40 Å². The number of nitrogens with one attached hydrogen (secondary N) is 1. The first-order valence-corrected chi connectivity index (χ1v) is 5.11. The number of nitrogens with zero attached hydrogens (tertiary/aromatic N) is 3. The Hall–Kier alpha value is -1.62. The van der Waals surface area contributed by atoms with Crippen LogP contribution in [0.25, 0.3) is 5.65 Å². The van der Waals surface area contributed by atoms with Gasteiger partial charge in [-0.05, 0) is 31.5 Å². The van der Waals surface area contributed by atoms with E-state index in [-0.39, 0.29) is 11.8 Å². The maximum atomic E-state index is 9.42. The first-order valence-electron chi connectivity index (χ1n) is 5.11. The topological polar surface area (TPSA) is 62.5 Å². The number of rotatable bonds is 1. The minimum Gasteiger partial charge on any atom is -0.506 e. The van der Waals surface area contributed by atoms with E-state index >= 15 is 0 Å². The van der Waals surface area contributed by atoms with Crippen LogP contribution in [0.3, 0.4) is 0 Å². The molecule has 1 aliphatic rings. The van der Waals surface area contributed by atoms with Crippen LogP contribution in [0.5, 0.6) is 5.75 Å². The summed E-state index contributed by atoms with van der Waals surface area (Å²) in [6.07, 6.45) is 3.90. The molecule has 1 unspecified atom stereocenters. The Labute approximate surface area is 86.8 Å². The molecule has 15 heavy (non-hydrogen) atoms. The lowest BCUT2D eigenvalue weighted by atomic mass is 10.2. The molecule has 1 atom stereocenters. The first-order chi connectivity index (χ1) is 7.34. The van der Waals surface area contributed by atoms with Crippen LogP contribution in [-0.2, 0) is 0 Å². The van der Waals surface area contributed by atoms with Gasteiger partial charge in [-0.2, -0.15) is 0 Å². The Bertz CT molecular complexity index is 487. The fourth-order valence-corrected chi connectivity index (χ4v) is 2.04. The van der Waals surface area contributed by atoms with Crippen LogP contribution in [0.2, 0.25) is 0 Å². The average Bonchev–Trinajstić information content (AvgIpc) is 2.83. The molecule has 2 aromatic rings. The van der Waals surface area contributed by atoms with E-state index in [9.17, 15) is 5.11 Å². The molecule has 2 N–H and O–H groups in total. The fourth-order valence-electron chi connectivity index (χ4n) is 2.04. The lowest BCUT2D eigenvalue weighted by Crippen LogP contribution is -2.15. The molecule has 0 aliphatic carbocycles. The maximum absolute atomic E-state index is 9.42.